The van der Waals surface area contributed by atoms with Gasteiger partial charge < -0.3 is 0 Å². The van der Waals surface area contributed by atoms with Crippen molar-refractivity contribution >= 4 is 0 Å². The number of aromatic nitrogens is 2. The van der Waals surface area contributed by atoms with Gasteiger partial charge in [0.25, 0.3) is 0 Å². The van der Waals surface area contributed by atoms with Crippen molar-refractivity contribution in [3.05, 3.63) is 132 Å². The largest absolute Gasteiger partial charge is 0.265 e. The van der Waals surface area contributed by atoms with Crippen molar-refractivity contribution in [1.82, 2.24) is 9.97 Å². The molecular formula is C26H22N2. The van der Waals surface area contributed by atoms with Crippen LogP contribution in [-0.2, 0) is 0 Å². The maximum atomic E-state index is 4.25. The topological polar surface area (TPSA) is 25.8 Å². The first kappa shape index (κ1) is 16.9. The highest BCUT2D eigenvalue weighted by Gasteiger charge is 2.52. The highest BCUT2D eigenvalue weighted by Crippen LogP contribution is 2.66. The molecule has 4 aromatic rings. The zero-order valence-electron chi connectivity index (χ0n) is 15.6. The van der Waals surface area contributed by atoms with Gasteiger partial charge in [0.05, 0.1) is 0 Å². The van der Waals surface area contributed by atoms with Gasteiger partial charge in [-0.3, -0.25) is 9.97 Å². The number of pyridine rings is 2. The molecule has 136 valence electrons. The summed E-state index contributed by atoms with van der Waals surface area (Å²) in [5.74, 6) is 1.70. The predicted octanol–water partition coefficient (Wildman–Crippen LogP) is 5.93. The molecule has 0 radical (unpaired) electrons. The van der Waals surface area contributed by atoms with E-state index in [0.717, 1.165) is 0 Å². The molecule has 1 saturated carbocycles. The van der Waals surface area contributed by atoms with E-state index in [0.29, 0.717) is 23.7 Å². The van der Waals surface area contributed by atoms with Crippen LogP contribution in [0.1, 0.15) is 45.9 Å². The third kappa shape index (κ3) is 2.91. The summed E-state index contributed by atoms with van der Waals surface area (Å²) in [4.78, 5) is 8.50. The second kappa shape index (κ2) is 7.40. The fraction of sp³-hybridized carbons (Fsp3) is 0.154. The summed E-state index contributed by atoms with van der Waals surface area (Å²) in [6.45, 7) is 0. The molecule has 2 nitrogen and oxygen atoms in total. The Morgan fingerprint density at radius 2 is 0.643 bits per heavy atom. The van der Waals surface area contributed by atoms with Crippen molar-refractivity contribution < 1.29 is 0 Å². The lowest BCUT2D eigenvalue weighted by molar-refractivity contribution is 0.228. The molecule has 2 aromatic heterocycles. The number of hydrogen-bond acceptors (Lipinski definition) is 2. The molecule has 0 N–H and O–H groups in total. The zero-order chi connectivity index (χ0) is 18.8. The average Bonchev–Trinajstić information content (AvgIpc) is 2.76. The molecule has 1 fully saturated rings. The van der Waals surface area contributed by atoms with Crippen molar-refractivity contribution in [2.45, 2.75) is 23.7 Å². The minimum atomic E-state index is 0.415. The van der Waals surface area contributed by atoms with Crippen LogP contribution in [0.5, 0.6) is 0 Å². The van der Waals surface area contributed by atoms with E-state index in [9.17, 15) is 0 Å². The van der Waals surface area contributed by atoms with Crippen molar-refractivity contribution in [3.63, 3.8) is 0 Å². The monoisotopic (exact) mass is 362 g/mol. The van der Waals surface area contributed by atoms with Crippen LogP contribution < -0.4 is 0 Å². The molecule has 4 unspecified atom stereocenters. The fourth-order valence-corrected chi connectivity index (χ4v) is 4.93. The molecular weight excluding hydrogens is 340 g/mol. The second-order valence-electron chi connectivity index (χ2n) is 7.49. The van der Waals surface area contributed by atoms with Gasteiger partial charge in [0.1, 0.15) is 0 Å². The SMILES string of the molecule is c1ccc(C2C(c3ccccc3)C(c3ccncc3)C2c2ccncc2)cc1. The van der Waals surface area contributed by atoms with Crippen molar-refractivity contribution in [3.8, 4) is 0 Å². The molecule has 5 rings (SSSR count). The van der Waals surface area contributed by atoms with E-state index < -0.39 is 0 Å². The van der Waals surface area contributed by atoms with Gasteiger partial charge in [-0.1, -0.05) is 60.7 Å². The molecule has 4 atom stereocenters. The molecule has 0 bridgehead atoms. The van der Waals surface area contributed by atoms with E-state index in [4.69, 9.17) is 0 Å². The number of benzene rings is 2. The Kier molecular flexibility index (Phi) is 4.46. The van der Waals surface area contributed by atoms with E-state index in [-0.39, 0.29) is 0 Å². The lowest BCUT2D eigenvalue weighted by atomic mass is 9.49. The van der Waals surface area contributed by atoms with Gasteiger partial charge in [-0.05, 0) is 70.2 Å². The Hall–Kier alpha value is -3.26. The van der Waals surface area contributed by atoms with Crippen LogP contribution in [0.25, 0.3) is 0 Å². The Balaban J connectivity index is 1.67. The lowest BCUT2D eigenvalue weighted by Gasteiger charge is -2.53. The van der Waals surface area contributed by atoms with Gasteiger partial charge in [-0.25, -0.2) is 0 Å². The van der Waals surface area contributed by atoms with Crippen molar-refractivity contribution in [2.24, 2.45) is 0 Å². The highest BCUT2D eigenvalue weighted by molar-refractivity contribution is 5.47. The summed E-state index contributed by atoms with van der Waals surface area (Å²) >= 11 is 0. The van der Waals surface area contributed by atoms with Gasteiger partial charge in [-0.15, -0.1) is 0 Å². The third-order valence-corrected chi connectivity index (χ3v) is 6.10. The van der Waals surface area contributed by atoms with Gasteiger partial charge in [0.2, 0.25) is 0 Å². The quantitative estimate of drug-likeness (QED) is 0.450. The molecule has 0 aliphatic heterocycles. The standard InChI is InChI=1S/C26H22N2/c1-3-7-19(8-4-1)23-24(20-9-5-2-6-10-20)26(22-13-17-28-18-14-22)25(23)21-11-15-27-16-12-21/h1-18,23-26H. The number of nitrogens with zero attached hydrogens (tertiary/aromatic N) is 2. The molecule has 28 heavy (non-hydrogen) atoms. The first-order chi connectivity index (χ1) is 13.9. The minimum absolute atomic E-state index is 0.415. The van der Waals surface area contributed by atoms with Gasteiger partial charge in [0, 0.05) is 24.8 Å². The molecule has 0 spiro atoms. The third-order valence-electron chi connectivity index (χ3n) is 6.10. The van der Waals surface area contributed by atoms with Gasteiger partial charge >= 0.3 is 0 Å². The van der Waals surface area contributed by atoms with Crippen LogP contribution in [0.3, 0.4) is 0 Å². The van der Waals surface area contributed by atoms with Crippen LogP contribution >= 0.6 is 0 Å². The van der Waals surface area contributed by atoms with E-state index in [1.165, 1.54) is 22.3 Å². The molecule has 2 heteroatoms. The molecule has 1 aliphatic carbocycles. The summed E-state index contributed by atoms with van der Waals surface area (Å²) in [6, 6.07) is 30.6. The van der Waals surface area contributed by atoms with Crippen LogP contribution in [0, 0.1) is 0 Å². The summed E-state index contributed by atoms with van der Waals surface area (Å²) < 4.78 is 0. The first-order valence-corrected chi connectivity index (χ1v) is 9.83. The van der Waals surface area contributed by atoms with Crippen molar-refractivity contribution in [2.75, 3.05) is 0 Å². The predicted molar refractivity (Wildman–Crippen MR) is 112 cm³/mol. The van der Waals surface area contributed by atoms with Crippen LogP contribution in [-0.4, -0.2) is 9.97 Å². The fourth-order valence-electron chi connectivity index (χ4n) is 4.93. The normalized spacial score (nSPS) is 23.7. The van der Waals surface area contributed by atoms with Crippen LogP contribution in [0.15, 0.2) is 110 Å². The Bertz CT molecular complexity index is 835. The Morgan fingerprint density at radius 3 is 0.964 bits per heavy atom. The van der Waals surface area contributed by atoms with E-state index in [2.05, 4.69) is 94.9 Å². The van der Waals surface area contributed by atoms with Crippen molar-refractivity contribution in [1.29, 1.82) is 0 Å². The van der Waals surface area contributed by atoms with E-state index >= 15 is 0 Å². The molecule has 0 saturated heterocycles. The van der Waals surface area contributed by atoms with E-state index in [1.54, 1.807) is 0 Å². The summed E-state index contributed by atoms with van der Waals surface area (Å²) in [7, 11) is 0. The molecule has 2 aromatic carbocycles. The minimum Gasteiger partial charge on any atom is -0.265 e. The average molecular weight is 362 g/mol. The first-order valence-electron chi connectivity index (χ1n) is 9.83. The molecule has 0 amide bonds. The van der Waals surface area contributed by atoms with Gasteiger partial charge in [0.15, 0.2) is 0 Å². The van der Waals surface area contributed by atoms with Crippen LogP contribution in [0.2, 0.25) is 0 Å². The summed E-state index contributed by atoms with van der Waals surface area (Å²) in [6.07, 6.45) is 7.65. The summed E-state index contributed by atoms with van der Waals surface area (Å²) in [5.41, 5.74) is 5.53. The zero-order valence-corrected chi connectivity index (χ0v) is 15.6. The second-order valence-corrected chi connectivity index (χ2v) is 7.49. The number of hydrogen-bond donors (Lipinski definition) is 0. The molecule has 1 aliphatic rings. The lowest BCUT2D eigenvalue weighted by Crippen LogP contribution is -2.40. The molecule has 2 heterocycles. The number of rotatable bonds is 4. The van der Waals surface area contributed by atoms with Crippen LogP contribution in [0.4, 0.5) is 0 Å². The summed E-state index contributed by atoms with van der Waals surface area (Å²) in [5, 5.41) is 0. The highest BCUT2D eigenvalue weighted by atomic mass is 14.6. The Labute approximate surface area is 165 Å². The Morgan fingerprint density at radius 1 is 0.357 bits per heavy atom. The maximum absolute atomic E-state index is 4.25. The van der Waals surface area contributed by atoms with Gasteiger partial charge in [-0.2, -0.15) is 0 Å². The smallest absolute Gasteiger partial charge is 0.0270 e. The van der Waals surface area contributed by atoms with E-state index in [1.807, 2.05) is 24.8 Å². The maximum Gasteiger partial charge on any atom is 0.0270 e.